The van der Waals surface area contributed by atoms with Crippen molar-refractivity contribution in [2.24, 2.45) is 5.41 Å². The first-order chi connectivity index (χ1) is 5.52. The van der Waals surface area contributed by atoms with Gasteiger partial charge in [0.15, 0.2) is 0 Å². The summed E-state index contributed by atoms with van der Waals surface area (Å²) in [5.41, 5.74) is -0.661. The minimum absolute atomic E-state index is 0.0414. The van der Waals surface area contributed by atoms with E-state index in [-0.39, 0.29) is 5.91 Å². The molecule has 1 aliphatic heterocycles. The fourth-order valence-corrected chi connectivity index (χ4v) is 1.42. The van der Waals surface area contributed by atoms with Gasteiger partial charge in [-0.1, -0.05) is 6.92 Å². The van der Waals surface area contributed by atoms with Crippen LogP contribution in [0.25, 0.3) is 0 Å². The summed E-state index contributed by atoms with van der Waals surface area (Å²) in [7, 11) is 0. The molecule has 0 aromatic rings. The van der Waals surface area contributed by atoms with Gasteiger partial charge in [-0.3, -0.25) is 9.59 Å². The van der Waals surface area contributed by atoms with Crippen LogP contribution < -0.4 is 0 Å². The second-order valence-electron chi connectivity index (χ2n) is 3.31. The van der Waals surface area contributed by atoms with Gasteiger partial charge < -0.3 is 10.0 Å². The van der Waals surface area contributed by atoms with Crippen LogP contribution in [0.3, 0.4) is 0 Å². The van der Waals surface area contributed by atoms with Crippen LogP contribution in [0.2, 0.25) is 0 Å². The average molecular weight is 171 g/mol. The fourth-order valence-electron chi connectivity index (χ4n) is 1.42. The number of amides is 1. The highest BCUT2D eigenvalue weighted by molar-refractivity contribution is 5.82. The van der Waals surface area contributed by atoms with E-state index in [1.54, 1.807) is 4.90 Å². The van der Waals surface area contributed by atoms with E-state index in [1.165, 1.54) is 6.92 Å². The smallest absolute Gasteiger partial charge is 0.313 e. The van der Waals surface area contributed by atoms with E-state index in [4.69, 9.17) is 5.11 Å². The van der Waals surface area contributed by atoms with E-state index in [1.807, 2.05) is 6.92 Å². The Kier molecular flexibility index (Phi) is 2.08. The number of nitrogens with zero attached hydrogens (tertiary/aromatic N) is 1. The van der Waals surface area contributed by atoms with E-state index < -0.39 is 11.4 Å². The minimum atomic E-state index is -0.789. The van der Waals surface area contributed by atoms with Crippen LogP contribution >= 0.6 is 0 Å². The van der Waals surface area contributed by atoms with Crippen molar-refractivity contribution in [2.45, 2.75) is 20.3 Å². The second-order valence-corrected chi connectivity index (χ2v) is 3.31. The fraction of sp³-hybridized carbons (Fsp3) is 0.750. The maximum absolute atomic E-state index is 10.8. The molecule has 0 saturated carbocycles. The molecule has 1 heterocycles. The van der Waals surface area contributed by atoms with Crippen LogP contribution in [-0.4, -0.2) is 35.0 Å². The van der Waals surface area contributed by atoms with E-state index in [0.29, 0.717) is 19.5 Å². The van der Waals surface area contributed by atoms with Gasteiger partial charge in [0.1, 0.15) is 5.41 Å². The second kappa shape index (κ2) is 2.77. The predicted molar refractivity (Wildman–Crippen MR) is 42.6 cm³/mol. The van der Waals surface area contributed by atoms with Crippen LogP contribution in [-0.2, 0) is 9.59 Å². The molecule has 1 amide bonds. The molecule has 0 radical (unpaired) electrons. The Bertz CT molecular complexity index is 218. The summed E-state index contributed by atoms with van der Waals surface area (Å²) in [5.74, 6) is -0.831. The van der Waals surface area contributed by atoms with Crippen molar-refractivity contribution < 1.29 is 14.7 Å². The first-order valence-corrected chi connectivity index (χ1v) is 4.01. The highest BCUT2D eigenvalue weighted by atomic mass is 16.4. The number of carbonyl (C=O) groups is 2. The van der Waals surface area contributed by atoms with Crippen molar-refractivity contribution in [2.75, 3.05) is 13.1 Å². The molecule has 12 heavy (non-hydrogen) atoms. The molecule has 0 aliphatic carbocycles. The molecule has 1 N–H and O–H groups in total. The Balaban J connectivity index is 2.58. The van der Waals surface area contributed by atoms with Crippen molar-refractivity contribution in [1.82, 2.24) is 4.90 Å². The lowest BCUT2D eigenvalue weighted by Gasteiger charge is -2.46. The lowest BCUT2D eigenvalue weighted by molar-refractivity contribution is -0.165. The maximum atomic E-state index is 10.8. The summed E-state index contributed by atoms with van der Waals surface area (Å²) in [6, 6.07) is 0. The molecule has 0 unspecified atom stereocenters. The third-order valence-electron chi connectivity index (χ3n) is 2.56. The summed E-state index contributed by atoms with van der Waals surface area (Å²) in [6.07, 6.45) is 0.589. The van der Waals surface area contributed by atoms with Crippen LogP contribution in [0, 0.1) is 5.41 Å². The summed E-state index contributed by atoms with van der Waals surface area (Å²) in [6.45, 7) is 4.04. The Morgan fingerprint density at radius 3 is 2.25 bits per heavy atom. The van der Waals surface area contributed by atoms with E-state index in [9.17, 15) is 9.59 Å². The van der Waals surface area contributed by atoms with Crippen LogP contribution in [0.4, 0.5) is 0 Å². The van der Waals surface area contributed by atoms with Gasteiger partial charge in [-0.05, 0) is 6.42 Å². The number of carboxylic acid groups (broad SMARTS) is 1. The molecule has 0 aromatic carbocycles. The van der Waals surface area contributed by atoms with Crippen molar-refractivity contribution >= 4 is 11.9 Å². The highest BCUT2D eigenvalue weighted by Gasteiger charge is 2.48. The van der Waals surface area contributed by atoms with Gasteiger partial charge in [0.25, 0.3) is 0 Å². The quantitative estimate of drug-likeness (QED) is 0.651. The Morgan fingerprint density at radius 1 is 1.50 bits per heavy atom. The standard InChI is InChI=1S/C8H13NO3/c1-3-8(7(11)12)4-9(5-8)6(2)10/h3-5H2,1-2H3,(H,11,12). The number of carbonyl (C=O) groups excluding carboxylic acids is 1. The summed E-state index contributed by atoms with van der Waals surface area (Å²) < 4.78 is 0. The molecule has 68 valence electrons. The van der Waals surface area contributed by atoms with Crippen molar-refractivity contribution in [3.63, 3.8) is 0 Å². The summed E-state index contributed by atoms with van der Waals surface area (Å²) >= 11 is 0. The monoisotopic (exact) mass is 171 g/mol. The lowest BCUT2D eigenvalue weighted by Crippen LogP contribution is -2.61. The Labute approximate surface area is 71.2 Å². The largest absolute Gasteiger partial charge is 0.481 e. The zero-order chi connectivity index (χ0) is 9.35. The predicted octanol–water partition coefficient (Wildman–Crippen LogP) is 0.329. The molecule has 0 atom stereocenters. The average Bonchev–Trinajstić information content (AvgIpc) is 1.84. The van der Waals surface area contributed by atoms with E-state index >= 15 is 0 Å². The van der Waals surface area contributed by atoms with Gasteiger partial charge in [0, 0.05) is 20.0 Å². The van der Waals surface area contributed by atoms with Crippen molar-refractivity contribution in [3.05, 3.63) is 0 Å². The van der Waals surface area contributed by atoms with Crippen LogP contribution in [0.15, 0.2) is 0 Å². The van der Waals surface area contributed by atoms with E-state index in [2.05, 4.69) is 0 Å². The third-order valence-corrected chi connectivity index (χ3v) is 2.56. The Morgan fingerprint density at radius 2 is 2.00 bits per heavy atom. The molecule has 1 rings (SSSR count). The molecule has 1 saturated heterocycles. The van der Waals surface area contributed by atoms with Gasteiger partial charge in [-0.2, -0.15) is 0 Å². The summed E-state index contributed by atoms with van der Waals surface area (Å²) in [5, 5.41) is 8.85. The van der Waals surface area contributed by atoms with Crippen molar-refractivity contribution in [1.29, 1.82) is 0 Å². The molecular weight excluding hydrogens is 158 g/mol. The molecule has 1 fully saturated rings. The lowest BCUT2D eigenvalue weighted by atomic mass is 9.77. The Hall–Kier alpha value is -1.06. The van der Waals surface area contributed by atoms with Crippen LogP contribution in [0.1, 0.15) is 20.3 Å². The topological polar surface area (TPSA) is 57.6 Å². The molecule has 4 nitrogen and oxygen atoms in total. The first-order valence-electron chi connectivity index (χ1n) is 4.01. The molecular formula is C8H13NO3. The number of aliphatic carboxylic acids is 1. The van der Waals surface area contributed by atoms with Crippen molar-refractivity contribution in [3.8, 4) is 0 Å². The number of hydrogen-bond donors (Lipinski definition) is 1. The minimum Gasteiger partial charge on any atom is -0.481 e. The normalized spacial score (nSPS) is 20.0. The molecule has 0 aromatic heterocycles. The third kappa shape index (κ3) is 1.17. The molecule has 1 aliphatic rings. The van der Waals surface area contributed by atoms with Gasteiger partial charge in [0.05, 0.1) is 0 Å². The zero-order valence-electron chi connectivity index (χ0n) is 7.33. The highest BCUT2D eigenvalue weighted by Crippen LogP contribution is 2.33. The van der Waals surface area contributed by atoms with Gasteiger partial charge in [0.2, 0.25) is 5.91 Å². The summed E-state index contributed by atoms with van der Waals surface area (Å²) in [4.78, 5) is 23.1. The first kappa shape index (κ1) is 9.03. The maximum Gasteiger partial charge on any atom is 0.313 e. The molecule has 0 spiro atoms. The zero-order valence-corrected chi connectivity index (χ0v) is 7.33. The molecule has 4 heteroatoms. The number of hydrogen-bond acceptors (Lipinski definition) is 2. The number of carboxylic acids is 1. The van der Waals surface area contributed by atoms with Gasteiger partial charge >= 0.3 is 5.97 Å². The van der Waals surface area contributed by atoms with Gasteiger partial charge in [-0.25, -0.2) is 0 Å². The number of likely N-dealkylation sites (tertiary alicyclic amines) is 1. The number of rotatable bonds is 2. The molecule has 0 bridgehead atoms. The van der Waals surface area contributed by atoms with Crippen LogP contribution in [0.5, 0.6) is 0 Å². The SMILES string of the molecule is CCC1(C(=O)O)CN(C(C)=O)C1. The van der Waals surface area contributed by atoms with E-state index in [0.717, 1.165) is 0 Å². The van der Waals surface area contributed by atoms with Gasteiger partial charge in [-0.15, -0.1) is 0 Å².